The number of nitrogens with zero attached hydrogens (tertiary/aromatic N) is 1. The van der Waals surface area contributed by atoms with Crippen molar-refractivity contribution in [2.75, 3.05) is 0 Å². The van der Waals surface area contributed by atoms with Gasteiger partial charge in [0.05, 0.1) is 11.3 Å². The van der Waals surface area contributed by atoms with Crippen molar-refractivity contribution in [2.24, 2.45) is 0 Å². The molecular weight excluding hydrogens is 510 g/mol. The van der Waals surface area contributed by atoms with E-state index in [9.17, 15) is 32.3 Å². The first-order valence-corrected chi connectivity index (χ1v) is 11.3. The van der Waals surface area contributed by atoms with E-state index in [0.717, 1.165) is 12.3 Å². The molecule has 1 saturated heterocycles. The molecule has 1 aromatic carbocycles. The highest BCUT2D eigenvalue weighted by molar-refractivity contribution is 6.36. The summed E-state index contributed by atoms with van der Waals surface area (Å²) >= 11 is 12.7. The first kappa shape index (κ1) is 26.7. The number of carbonyl (C=O) groups is 3. The Balaban J connectivity index is 1.73. The van der Waals surface area contributed by atoms with E-state index in [0.29, 0.717) is 15.7 Å². The van der Waals surface area contributed by atoms with E-state index < -0.39 is 41.4 Å². The number of piperidine rings is 1. The number of rotatable bonds is 6. The molecular formula is C23H22Cl2F3N3O4. The molecule has 7 nitrogen and oxygen atoms in total. The number of aromatic nitrogens is 1. The number of pyridine rings is 1. The van der Waals surface area contributed by atoms with Crippen LogP contribution in [0.5, 0.6) is 0 Å². The van der Waals surface area contributed by atoms with E-state index >= 15 is 0 Å². The summed E-state index contributed by atoms with van der Waals surface area (Å²) in [6, 6.07) is 5.42. The third-order valence-corrected chi connectivity index (χ3v) is 6.44. The van der Waals surface area contributed by atoms with E-state index in [1.165, 1.54) is 19.9 Å². The molecule has 0 saturated carbocycles. The second-order valence-corrected chi connectivity index (χ2v) is 9.60. The summed E-state index contributed by atoms with van der Waals surface area (Å²) in [5, 5.41) is 5.39. The van der Waals surface area contributed by atoms with Gasteiger partial charge in [-0.05, 0) is 49.6 Å². The molecule has 1 unspecified atom stereocenters. The maximum absolute atomic E-state index is 12.9. The lowest BCUT2D eigenvalue weighted by molar-refractivity contribution is -0.141. The fourth-order valence-corrected chi connectivity index (χ4v) is 4.59. The Labute approximate surface area is 208 Å². The standard InChI is InChI=1S/C23H22Cl2F3N3O4/c1-22(2,13-5-6-31(18(33)9-13)11-23(26,27)28)21(35)29-10-12-7-15(24)19(16(25)8-12)14-3-4-17(32)30-20(14)34/h5-9,14H,3-4,10-11H2,1-2H3,(H,29,35)(H,30,32,34). The van der Waals surface area contributed by atoms with Gasteiger partial charge in [-0.1, -0.05) is 23.2 Å². The van der Waals surface area contributed by atoms with Gasteiger partial charge >= 0.3 is 6.18 Å². The molecule has 1 aromatic heterocycles. The van der Waals surface area contributed by atoms with E-state index in [1.807, 2.05) is 0 Å². The number of nitrogens with one attached hydrogen (secondary N) is 2. The zero-order valence-corrected chi connectivity index (χ0v) is 20.3. The predicted octanol–water partition coefficient (Wildman–Crippen LogP) is 3.83. The van der Waals surface area contributed by atoms with E-state index in [-0.39, 0.29) is 40.9 Å². The second-order valence-electron chi connectivity index (χ2n) is 8.78. The lowest BCUT2D eigenvalue weighted by atomic mass is 9.84. The summed E-state index contributed by atoms with van der Waals surface area (Å²) in [5.74, 6) is -2.00. The Bertz CT molecular complexity index is 1220. The van der Waals surface area contributed by atoms with E-state index in [2.05, 4.69) is 10.6 Å². The van der Waals surface area contributed by atoms with Gasteiger partial charge in [0, 0.05) is 40.8 Å². The van der Waals surface area contributed by atoms with Crippen LogP contribution in [0.1, 0.15) is 49.3 Å². The average Bonchev–Trinajstić information content (AvgIpc) is 2.73. The van der Waals surface area contributed by atoms with Crippen molar-refractivity contribution in [1.82, 2.24) is 15.2 Å². The van der Waals surface area contributed by atoms with Crippen molar-refractivity contribution < 1.29 is 27.6 Å². The lowest BCUT2D eigenvalue weighted by Crippen LogP contribution is -2.41. The molecule has 0 bridgehead atoms. The first-order valence-electron chi connectivity index (χ1n) is 10.6. The zero-order valence-electron chi connectivity index (χ0n) is 18.8. The third-order valence-electron chi connectivity index (χ3n) is 5.81. The molecule has 188 valence electrons. The van der Waals surface area contributed by atoms with Crippen molar-refractivity contribution >= 4 is 40.9 Å². The molecule has 35 heavy (non-hydrogen) atoms. The Morgan fingerprint density at radius 2 is 1.77 bits per heavy atom. The molecule has 0 aliphatic carbocycles. The lowest BCUT2D eigenvalue weighted by Gasteiger charge is -2.25. The SMILES string of the molecule is CC(C)(C(=O)NCc1cc(Cl)c(C2CCC(=O)NC2=O)c(Cl)c1)c1ccn(CC(F)(F)F)c(=O)c1. The molecule has 1 aliphatic rings. The third kappa shape index (κ3) is 6.24. The topological polar surface area (TPSA) is 97.3 Å². The minimum absolute atomic E-state index is 0.0163. The summed E-state index contributed by atoms with van der Waals surface area (Å²) in [6.07, 6.45) is -3.10. The van der Waals surface area contributed by atoms with Crippen LogP contribution in [0.4, 0.5) is 13.2 Å². The van der Waals surface area contributed by atoms with Crippen molar-refractivity contribution in [1.29, 1.82) is 0 Å². The fraction of sp³-hybridized carbons (Fsp3) is 0.391. The Kier molecular flexibility index (Phi) is 7.66. The predicted molar refractivity (Wildman–Crippen MR) is 123 cm³/mol. The smallest absolute Gasteiger partial charge is 0.351 e. The highest BCUT2D eigenvalue weighted by Crippen LogP contribution is 2.37. The number of hydrogen-bond donors (Lipinski definition) is 2. The molecule has 3 amide bonds. The second kappa shape index (κ2) is 10.0. The minimum atomic E-state index is -4.55. The molecule has 1 atom stereocenters. The fourth-order valence-electron chi connectivity index (χ4n) is 3.80. The maximum Gasteiger partial charge on any atom is 0.406 e. The van der Waals surface area contributed by atoms with E-state index in [1.54, 1.807) is 12.1 Å². The number of carbonyl (C=O) groups excluding carboxylic acids is 3. The summed E-state index contributed by atoms with van der Waals surface area (Å²) in [5.41, 5.74) is -0.906. The van der Waals surface area contributed by atoms with Crippen LogP contribution in [0.25, 0.3) is 0 Å². The van der Waals surface area contributed by atoms with Crippen LogP contribution >= 0.6 is 23.2 Å². The number of halogens is 5. The Morgan fingerprint density at radius 1 is 1.14 bits per heavy atom. The van der Waals surface area contributed by atoms with Crippen LogP contribution in [-0.4, -0.2) is 28.5 Å². The molecule has 3 rings (SSSR count). The summed E-state index contributed by atoms with van der Waals surface area (Å²) in [7, 11) is 0. The average molecular weight is 532 g/mol. The normalized spacial score (nSPS) is 16.7. The summed E-state index contributed by atoms with van der Waals surface area (Å²) in [6.45, 7) is 1.67. The quantitative estimate of drug-likeness (QED) is 0.553. The van der Waals surface area contributed by atoms with Crippen LogP contribution in [-0.2, 0) is 32.9 Å². The Hall–Kier alpha value is -2.85. The number of hydrogen-bond acceptors (Lipinski definition) is 4. The Morgan fingerprint density at radius 3 is 2.31 bits per heavy atom. The van der Waals surface area contributed by atoms with Gasteiger partial charge in [0.2, 0.25) is 17.7 Å². The van der Waals surface area contributed by atoms with Crippen LogP contribution < -0.4 is 16.2 Å². The van der Waals surface area contributed by atoms with Gasteiger partial charge in [-0.25, -0.2) is 0 Å². The summed E-state index contributed by atoms with van der Waals surface area (Å²) in [4.78, 5) is 48.5. The number of amides is 3. The highest BCUT2D eigenvalue weighted by Gasteiger charge is 2.33. The van der Waals surface area contributed by atoms with Gasteiger partial charge in [0.1, 0.15) is 6.54 Å². The van der Waals surface area contributed by atoms with Gasteiger partial charge in [0.15, 0.2) is 0 Å². The molecule has 2 N–H and O–H groups in total. The number of imide groups is 1. The van der Waals surface area contributed by atoms with Crippen LogP contribution in [0.3, 0.4) is 0 Å². The minimum Gasteiger partial charge on any atom is -0.351 e. The van der Waals surface area contributed by atoms with Gasteiger partial charge < -0.3 is 9.88 Å². The maximum atomic E-state index is 12.9. The molecule has 2 aromatic rings. The van der Waals surface area contributed by atoms with Gasteiger partial charge in [0.25, 0.3) is 5.56 Å². The van der Waals surface area contributed by atoms with Crippen LogP contribution in [0.15, 0.2) is 35.3 Å². The van der Waals surface area contributed by atoms with Crippen molar-refractivity contribution in [3.8, 4) is 0 Å². The molecule has 1 fully saturated rings. The molecule has 12 heteroatoms. The molecule has 0 spiro atoms. The van der Waals surface area contributed by atoms with E-state index in [4.69, 9.17) is 23.2 Å². The molecule has 2 heterocycles. The molecule has 0 radical (unpaired) electrons. The largest absolute Gasteiger partial charge is 0.406 e. The van der Waals surface area contributed by atoms with Gasteiger partial charge in [-0.2, -0.15) is 13.2 Å². The summed E-state index contributed by atoms with van der Waals surface area (Å²) < 4.78 is 38.3. The zero-order chi connectivity index (χ0) is 26.1. The van der Waals surface area contributed by atoms with Crippen LogP contribution in [0, 0.1) is 0 Å². The van der Waals surface area contributed by atoms with Crippen molar-refractivity contribution in [3.05, 3.63) is 67.6 Å². The number of benzene rings is 1. The first-order chi connectivity index (χ1) is 16.2. The van der Waals surface area contributed by atoms with Crippen LogP contribution in [0.2, 0.25) is 10.0 Å². The van der Waals surface area contributed by atoms with Crippen molar-refractivity contribution in [3.63, 3.8) is 0 Å². The monoisotopic (exact) mass is 531 g/mol. The number of alkyl halides is 3. The van der Waals surface area contributed by atoms with Gasteiger partial charge in [-0.15, -0.1) is 0 Å². The van der Waals surface area contributed by atoms with Gasteiger partial charge in [-0.3, -0.25) is 24.5 Å². The highest BCUT2D eigenvalue weighted by atomic mass is 35.5. The molecule has 1 aliphatic heterocycles. The van der Waals surface area contributed by atoms with Crippen molar-refractivity contribution in [2.45, 2.75) is 57.3 Å².